The molecule has 0 amide bonds. The Morgan fingerprint density at radius 2 is 2.00 bits per heavy atom. The number of aromatic nitrogens is 1. The molecular weight excluding hydrogens is 338 g/mol. The zero-order chi connectivity index (χ0) is 18.4. The first-order chi connectivity index (χ1) is 11.9. The Hall–Kier alpha value is -2.28. The summed E-state index contributed by atoms with van der Waals surface area (Å²) in [6.45, 7) is 4.86. The van der Waals surface area contributed by atoms with Crippen molar-refractivity contribution in [1.82, 2.24) is 4.98 Å². The summed E-state index contributed by atoms with van der Waals surface area (Å²) in [5, 5.41) is 0. The van der Waals surface area contributed by atoms with Crippen LogP contribution in [0.2, 0.25) is 0 Å². The number of hydrogen-bond acceptors (Lipinski definition) is 5. The summed E-state index contributed by atoms with van der Waals surface area (Å²) in [6, 6.07) is 8.29. The normalized spacial score (nSPS) is 11.2. The predicted molar refractivity (Wildman–Crippen MR) is 101 cm³/mol. The van der Waals surface area contributed by atoms with E-state index in [2.05, 4.69) is 21.5 Å². The number of sulfonamides is 1. The van der Waals surface area contributed by atoms with Crippen LogP contribution in [-0.2, 0) is 10.0 Å². The number of unbranched alkanes of at least 4 members (excludes halogenated alkanes) is 1. The first kappa shape index (κ1) is 19.1. The lowest BCUT2D eigenvalue weighted by atomic mass is 10.2. The Morgan fingerprint density at radius 3 is 2.56 bits per heavy atom. The summed E-state index contributed by atoms with van der Waals surface area (Å²) in [5.74, 6) is 1.47. The van der Waals surface area contributed by atoms with Crippen LogP contribution in [0.5, 0.6) is 5.75 Å². The second kappa shape index (κ2) is 8.20. The number of aryl methyl sites for hydroxylation is 1. The van der Waals surface area contributed by atoms with E-state index in [1.807, 2.05) is 13.1 Å². The van der Waals surface area contributed by atoms with E-state index < -0.39 is 10.0 Å². The Balaban J connectivity index is 2.14. The van der Waals surface area contributed by atoms with Gasteiger partial charge in [-0.3, -0.25) is 4.72 Å². The van der Waals surface area contributed by atoms with E-state index in [0.717, 1.165) is 30.8 Å². The van der Waals surface area contributed by atoms with E-state index >= 15 is 0 Å². The van der Waals surface area contributed by atoms with Crippen molar-refractivity contribution in [3.05, 3.63) is 42.1 Å². The minimum atomic E-state index is -3.67. The first-order valence-corrected chi connectivity index (χ1v) is 9.70. The van der Waals surface area contributed by atoms with Gasteiger partial charge < -0.3 is 9.64 Å². The monoisotopic (exact) mass is 363 g/mol. The zero-order valence-electron chi connectivity index (χ0n) is 15.1. The van der Waals surface area contributed by atoms with Crippen LogP contribution in [0.3, 0.4) is 0 Å². The average Bonchev–Trinajstić information content (AvgIpc) is 2.59. The van der Waals surface area contributed by atoms with Gasteiger partial charge in [-0.25, -0.2) is 13.4 Å². The average molecular weight is 363 g/mol. The summed E-state index contributed by atoms with van der Waals surface area (Å²) in [6.07, 6.45) is 3.73. The van der Waals surface area contributed by atoms with E-state index in [9.17, 15) is 8.42 Å². The van der Waals surface area contributed by atoms with Gasteiger partial charge in [-0.2, -0.15) is 0 Å². The molecule has 0 fully saturated rings. The van der Waals surface area contributed by atoms with E-state index in [-0.39, 0.29) is 4.90 Å². The molecule has 2 rings (SSSR count). The lowest BCUT2D eigenvalue weighted by Gasteiger charge is -2.18. The molecule has 0 saturated heterocycles. The second-order valence-electron chi connectivity index (χ2n) is 5.92. The van der Waals surface area contributed by atoms with Gasteiger partial charge in [-0.05, 0) is 49.2 Å². The molecule has 0 atom stereocenters. The first-order valence-electron chi connectivity index (χ1n) is 8.22. The van der Waals surface area contributed by atoms with Crippen molar-refractivity contribution in [2.75, 3.05) is 30.3 Å². The van der Waals surface area contributed by atoms with E-state index in [1.54, 1.807) is 32.2 Å². The molecular formula is C18H25N3O3S. The number of anilines is 2. The number of ether oxygens (including phenoxy) is 1. The molecule has 25 heavy (non-hydrogen) atoms. The molecule has 1 aromatic carbocycles. The van der Waals surface area contributed by atoms with Crippen LogP contribution in [0.1, 0.15) is 25.3 Å². The summed E-state index contributed by atoms with van der Waals surface area (Å²) in [4.78, 5) is 6.57. The molecule has 0 aliphatic rings. The summed E-state index contributed by atoms with van der Waals surface area (Å²) in [5.41, 5.74) is 1.19. The highest BCUT2D eigenvalue weighted by atomic mass is 32.2. The number of nitrogens with zero attached hydrogens (tertiary/aromatic N) is 2. The molecule has 0 radical (unpaired) electrons. The van der Waals surface area contributed by atoms with Crippen LogP contribution in [0.15, 0.2) is 41.4 Å². The number of nitrogens with one attached hydrogen (secondary N) is 1. The second-order valence-corrected chi connectivity index (χ2v) is 7.60. The number of methoxy groups -OCH3 is 1. The molecule has 0 aliphatic heterocycles. The zero-order valence-corrected chi connectivity index (χ0v) is 15.9. The standard InChI is InChI=1S/C18H25N3O3S/c1-5-6-11-21(3)18-10-7-15(13-19-18)20-25(22,23)16-8-9-17(24-4)14(2)12-16/h7-10,12-13,20H,5-6,11H2,1-4H3. The highest BCUT2D eigenvalue weighted by Crippen LogP contribution is 2.23. The molecule has 0 spiro atoms. The highest BCUT2D eigenvalue weighted by Gasteiger charge is 2.16. The molecule has 1 N–H and O–H groups in total. The fraction of sp³-hybridized carbons (Fsp3) is 0.389. The highest BCUT2D eigenvalue weighted by molar-refractivity contribution is 7.92. The van der Waals surface area contributed by atoms with Crippen LogP contribution in [0.4, 0.5) is 11.5 Å². The maximum Gasteiger partial charge on any atom is 0.261 e. The van der Waals surface area contributed by atoms with Gasteiger partial charge in [0.2, 0.25) is 0 Å². The topological polar surface area (TPSA) is 71.5 Å². The summed E-state index contributed by atoms with van der Waals surface area (Å²) >= 11 is 0. The quantitative estimate of drug-likeness (QED) is 0.778. The third kappa shape index (κ3) is 4.85. The molecule has 136 valence electrons. The fourth-order valence-electron chi connectivity index (χ4n) is 2.41. The third-order valence-corrected chi connectivity index (χ3v) is 5.29. The Labute approximate surface area is 149 Å². The van der Waals surface area contributed by atoms with Crippen molar-refractivity contribution in [2.24, 2.45) is 0 Å². The minimum Gasteiger partial charge on any atom is -0.496 e. The lowest BCUT2D eigenvalue weighted by Crippen LogP contribution is -2.19. The van der Waals surface area contributed by atoms with Crippen molar-refractivity contribution in [3.63, 3.8) is 0 Å². The van der Waals surface area contributed by atoms with E-state index in [4.69, 9.17) is 4.74 Å². The van der Waals surface area contributed by atoms with Gasteiger partial charge >= 0.3 is 0 Å². The van der Waals surface area contributed by atoms with Gasteiger partial charge in [0.15, 0.2) is 0 Å². The van der Waals surface area contributed by atoms with Crippen LogP contribution in [0.25, 0.3) is 0 Å². The Kier molecular flexibility index (Phi) is 6.25. The number of pyridine rings is 1. The van der Waals surface area contributed by atoms with Crippen molar-refractivity contribution >= 4 is 21.5 Å². The van der Waals surface area contributed by atoms with Gasteiger partial charge in [-0.1, -0.05) is 13.3 Å². The molecule has 7 heteroatoms. The van der Waals surface area contributed by atoms with Crippen molar-refractivity contribution in [3.8, 4) is 5.75 Å². The number of hydrogen-bond donors (Lipinski definition) is 1. The van der Waals surface area contributed by atoms with Gasteiger partial charge in [0.1, 0.15) is 11.6 Å². The molecule has 0 unspecified atom stereocenters. The van der Waals surface area contributed by atoms with E-state index in [1.165, 1.54) is 12.3 Å². The molecule has 0 bridgehead atoms. The van der Waals surface area contributed by atoms with Crippen molar-refractivity contribution < 1.29 is 13.2 Å². The minimum absolute atomic E-state index is 0.190. The van der Waals surface area contributed by atoms with Crippen molar-refractivity contribution in [1.29, 1.82) is 0 Å². The molecule has 1 aromatic heterocycles. The van der Waals surface area contributed by atoms with Gasteiger partial charge in [0.05, 0.1) is 23.9 Å². The third-order valence-electron chi connectivity index (χ3n) is 3.91. The van der Waals surface area contributed by atoms with Crippen LogP contribution >= 0.6 is 0 Å². The fourth-order valence-corrected chi connectivity index (χ4v) is 3.54. The smallest absolute Gasteiger partial charge is 0.261 e. The molecule has 0 aliphatic carbocycles. The lowest BCUT2D eigenvalue weighted by molar-refractivity contribution is 0.411. The summed E-state index contributed by atoms with van der Waals surface area (Å²) in [7, 11) is -0.138. The molecule has 6 nitrogen and oxygen atoms in total. The Morgan fingerprint density at radius 1 is 1.24 bits per heavy atom. The van der Waals surface area contributed by atoms with E-state index in [0.29, 0.717) is 11.4 Å². The van der Waals surface area contributed by atoms with Crippen LogP contribution in [0, 0.1) is 6.92 Å². The maximum atomic E-state index is 12.5. The molecule has 1 heterocycles. The van der Waals surface area contributed by atoms with Gasteiger partial charge in [-0.15, -0.1) is 0 Å². The summed E-state index contributed by atoms with van der Waals surface area (Å²) < 4.78 is 32.8. The van der Waals surface area contributed by atoms with Gasteiger partial charge in [0, 0.05) is 13.6 Å². The number of rotatable bonds is 8. The Bertz CT molecular complexity index is 805. The van der Waals surface area contributed by atoms with Crippen LogP contribution < -0.4 is 14.4 Å². The maximum absolute atomic E-state index is 12.5. The van der Waals surface area contributed by atoms with Gasteiger partial charge in [0.25, 0.3) is 10.0 Å². The SMILES string of the molecule is CCCCN(C)c1ccc(NS(=O)(=O)c2ccc(OC)c(C)c2)cn1. The molecule has 0 saturated carbocycles. The van der Waals surface area contributed by atoms with Crippen LogP contribution in [-0.4, -0.2) is 34.1 Å². The molecule has 2 aromatic rings. The predicted octanol–water partition coefficient (Wildman–Crippen LogP) is 3.44. The van der Waals surface area contributed by atoms with Crippen molar-refractivity contribution in [2.45, 2.75) is 31.6 Å². The largest absolute Gasteiger partial charge is 0.496 e. The number of benzene rings is 1.